The Labute approximate surface area is 208 Å². The molecule has 0 atom stereocenters. The van der Waals surface area contributed by atoms with Crippen molar-refractivity contribution >= 4 is 59.0 Å². The number of ketones is 2. The van der Waals surface area contributed by atoms with Gasteiger partial charge >= 0.3 is 0 Å². The van der Waals surface area contributed by atoms with Crippen molar-refractivity contribution in [1.29, 1.82) is 0 Å². The molecule has 0 saturated carbocycles. The van der Waals surface area contributed by atoms with Crippen LogP contribution in [0.5, 0.6) is 0 Å². The van der Waals surface area contributed by atoms with E-state index in [1.54, 1.807) is 0 Å². The summed E-state index contributed by atoms with van der Waals surface area (Å²) < 4.78 is 99.8. The molecule has 37 heavy (non-hydrogen) atoms. The van der Waals surface area contributed by atoms with Gasteiger partial charge in [-0.3, -0.25) is 23.2 Å². The minimum Gasteiger partial charge on any atom is -0.398 e. The van der Waals surface area contributed by atoms with Gasteiger partial charge in [0.25, 0.3) is 30.4 Å². The van der Waals surface area contributed by atoms with Crippen molar-refractivity contribution in [2.45, 2.75) is 14.7 Å². The smallest absolute Gasteiger partial charge is 0.298 e. The lowest BCUT2D eigenvalue weighted by Crippen LogP contribution is -2.26. The standard InChI is InChI=1S/C20H15N3O11S3/c21-11-4-1-7(5-12(11)36(29,30)31)13-14-15(17(23)20(16(13)22)37(32,33)34)18(24)9-3-2-8(35(26,27)28)6-10(9)19(14)25/h1-6H,21-23H2,(H,26,27,28)(H,29,30,31)(H,32,33,34). The summed E-state index contributed by atoms with van der Waals surface area (Å²) in [7, 11) is -15.0. The molecule has 0 saturated heterocycles. The minimum atomic E-state index is -5.24. The number of hydrogen-bond donors (Lipinski definition) is 6. The summed E-state index contributed by atoms with van der Waals surface area (Å²) in [5.41, 5.74) is 12.0. The fourth-order valence-electron chi connectivity index (χ4n) is 4.06. The van der Waals surface area contributed by atoms with E-state index in [1.165, 1.54) is 0 Å². The maximum Gasteiger partial charge on any atom is 0.298 e. The molecule has 3 aromatic rings. The van der Waals surface area contributed by atoms with Crippen LogP contribution >= 0.6 is 0 Å². The van der Waals surface area contributed by atoms with Gasteiger partial charge in [-0.25, -0.2) is 0 Å². The van der Waals surface area contributed by atoms with E-state index in [-0.39, 0.29) is 5.56 Å². The second kappa shape index (κ2) is 8.07. The third kappa shape index (κ3) is 4.12. The first-order valence-electron chi connectivity index (χ1n) is 9.66. The van der Waals surface area contributed by atoms with Crippen molar-refractivity contribution in [3.8, 4) is 11.1 Å². The largest absolute Gasteiger partial charge is 0.398 e. The average molecular weight is 570 g/mol. The van der Waals surface area contributed by atoms with Crippen LogP contribution in [0.4, 0.5) is 17.1 Å². The topological polar surface area (TPSA) is 275 Å². The predicted octanol–water partition coefficient (Wildman–Crippen LogP) is 0.616. The second-order valence-corrected chi connectivity index (χ2v) is 12.0. The molecule has 0 heterocycles. The van der Waals surface area contributed by atoms with Crippen LogP contribution in [0.25, 0.3) is 11.1 Å². The number of carbonyl (C=O) groups excluding carboxylic acids is 2. The number of fused-ring (bicyclic) bond motifs is 2. The Morgan fingerprint density at radius 2 is 1.16 bits per heavy atom. The maximum absolute atomic E-state index is 13.6. The molecule has 0 aromatic heterocycles. The van der Waals surface area contributed by atoms with Gasteiger partial charge in [0.2, 0.25) is 0 Å². The zero-order valence-electron chi connectivity index (χ0n) is 18.0. The van der Waals surface area contributed by atoms with Gasteiger partial charge in [-0.2, -0.15) is 25.3 Å². The molecule has 1 aliphatic carbocycles. The van der Waals surface area contributed by atoms with Crippen molar-refractivity contribution in [3.05, 3.63) is 58.7 Å². The van der Waals surface area contributed by atoms with Crippen molar-refractivity contribution in [2.75, 3.05) is 17.2 Å². The fraction of sp³-hybridized carbons (Fsp3) is 0. The highest BCUT2D eigenvalue weighted by molar-refractivity contribution is 7.86. The molecule has 9 N–H and O–H groups in total. The van der Waals surface area contributed by atoms with Crippen molar-refractivity contribution in [3.63, 3.8) is 0 Å². The van der Waals surface area contributed by atoms with Crippen LogP contribution in [-0.4, -0.2) is 50.5 Å². The van der Waals surface area contributed by atoms with Gasteiger partial charge < -0.3 is 17.2 Å². The Morgan fingerprint density at radius 1 is 0.595 bits per heavy atom. The summed E-state index contributed by atoms with van der Waals surface area (Å²) >= 11 is 0. The summed E-state index contributed by atoms with van der Waals surface area (Å²) in [4.78, 5) is 24.2. The molecule has 0 unspecified atom stereocenters. The van der Waals surface area contributed by atoms with Crippen molar-refractivity contribution in [2.24, 2.45) is 0 Å². The molecule has 0 bridgehead atoms. The molecule has 194 valence electrons. The van der Waals surface area contributed by atoms with Crippen LogP contribution in [0.15, 0.2) is 51.1 Å². The Morgan fingerprint density at radius 3 is 1.70 bits per heavy atom. The van der Waals surface area contributed by atoms with E-state index in [1.807, 2.05) is 0 Å². The molecule has 17 heteroatoms. The number of nitrogen functional groups attached to an aromatic ring is 3. The molecule has 0 spiro atoms. The lowest BCUT2D eigenvalue weighted by molar-refractivity contribution is 0.0979. The highest BCUT2D eigenvalue weighted by atomic mass is 32.2. The van der Waals surface area contributed by atoms with Gasteiger partial charge in [-0.05, 0) is 35.9 Å². The van der Waals surface area contributed by atoms with Crippen molar-refractivity contribution < 1.29 is 48.5 Å². The van der Waals surface area contributed by atoms with Crippen LogP contribution in [0.1, 0.15) is 31.8 Å². The molecule has 0 amide bonds. The molecule has 4 rings (SSSR count). The Kier molecular flexibility index (Phi) is 5.71. The number of anilines is 3. The van der Waals surface area contributed by atoms with Gasteiger partial charge in [-0.15, -0.1) is 0 Å². The molecule has 0 aliphatic heterocycles. The molecule has 3 aromatic carbocycles. The van der Waals surface area contributed by atoms with Crippen LogP contribution in [0.3, 0.4) is 0 Å². The molecule has 1 aliphatic rings. The van der Waals surface area contributed by atoms with Crippen LogP contribution < -0.4 is 17.2 Å². The SMILES string of the molecule is Nc1ccc(-c2c(N)c(S(=O)(=O)O)c(N)c3c2C(=O)c2cc(S(=O)(=O)O)ccc2C3=O)cc1S(=O)(=O)O. The number of hydrogen-bond acceptors (Lipinski definition) is 11. The fourth-order valence-corrected chi connectivity index (χ4v) is 5.97. The molecule has 0 fully saturated rings. The Bertz CT molecular complexity index is 1910. The highest BCUT2D eigenvalue weighted by Gasteiger charge is 2.39. The van der Waals surface area contributed by atoms with E-state index >= 15 is 0 Å². The Balaban J connectivity index is 2.21. The third-order valence-electron chi connectivity index (χ3n) is 5.60. The summed E-state index contributed by atoms with van der Waals surface area (Å²) in [6.45, 7) is 0. The number of rotatable bonds is 4. The van der Waals surface area contributed by atoms with Gasteiger partial charge in [0.15, 0.2) is 11.6 Å². The van der Waals surface area contributed by atoms with E-state index in [2.05, 4.69) is 0 Å². The van der Waals surface area contributed by atoms with Gasteiger partial charge in [0.1, 0.15) is 9.79 Å². The Hall–Kier alpha value is -3.87. The first kappa shape index (κ1) is 26.2. The van der Waals surface area contributed by atoms with E-state index in [9.17, 15) is 48.5 Å². The lowest BCUT2D eigenvalue weighted by Gasteiger charge is -2.25. The summed E-state index contributed by atoms with van der Waals surface area (Å²) in [6.07, 6.45) is 0. The van der Waals surface area contributed by atoms with Crippen LogP contribution in [-0.2, 0) is 30.4 Å². The highest BCUT2D eigenvalue weighted by Crippen LogP contribution is 2.46. The van der Waals surface area contributed by atoms with Crippen molar-refractivity contribution in [1.82, 2.24) is 0 Å². The number of carbonyl (C=O) groups is 2. The van der Waals surface area contributed by atoms with Crippen LogP contribution in [0.2, 0.25) is 0 Å². The van der Waals surface area contributed by atoms with E-state index < -0.39 is 101 Å². The maximum atomic E-state index is 13.6. The predicted molar refractivity (Wildman–Crippen MR) is 128 cm³/mol. The third-order valence-corrected chi connectivity index (χ3v) is 8.31. The summed E-state index contributed by atoms with van der Waals surface area (Å²) in [6, 6.07) is 5.22. The van der Waals surface area contributed by atoms with Gasteiger partial charge in [0.05, 0.1) is 27.5 Å². The van der Waals surface area contributed by atoms with Gasteiger partial charge in [-0.1, -0.05) is 6.07 Å². The molecular weight excluding hydrogens is 554 g/mol. The minimum absolute atomic E-state index is 0.337. The second-order valence-electron chi connectivity index (χ2n) is 7.82. The summed E-state index contributed by atoms with van der Waals surface area (Å²) in [5, 5.41) is 0. The zero-order valence-corrected chi connectivity index (χ0v) is 20.5. The van der Waals surface area contributed by atoms with E-state index in [0.29, 0.717) is 6.07 Å². The quantitative estimate of drug-likeness (QED) is 0.145. The van der Waals surface area contributed by atoms with E-state index in [4.69, 9.17) is 17.2 Å². The monoisotopic (exact) mass is 569 g/mol. The normalized spacial score (nSPS) is 13.8. The first-order chi connectivity index (χ1) is 16.9. The number of nitrogens with two attached hydrogens (primary N) is 3. The van der Waals surface area contributed by atoms with Gasteiger partial charge in [0, 0.05) is 22.3 Å². The van der Waals surface area contributed by atoms with E-state index in [0.717, 1.165) is 30.3 Å². The number of benzene rings is 3. The van der Waals surface area contributed by atoms with Crippen LogP contribution in [0, 0.1) is 0 Å². The molecule has 14 nitrogen and oxygen atoms in total. The average Bonchev–Trinajstić information content (AvgIpc) is 2.75. The first-order valence-corrected chi connectivity index (χ1v) is 14.0. The molecular formula is C20H15N3O11S3. The lowest BCUT2D eigenvalue weighted by atomic mass is 9.79. The zero-order chi connectivity index (χ0) is 27.8. The molecule has 0 radical (unpaired) electrons. The summed E-state index contributed by atoms with van der Waals surface area (Å²) in [5.74, 6) is -2.17.